The Labute approximate surface area is 361 Å². The third kappa shape index (κ3) is 9.09. The Balaban J connectivity index is 1.14. The highest BCUT2D eigenvalue weighted by Gasteiger charge is 2.62. The van der Waals surface area contributed by atoms with Crippen molar-refractivity contribution >= 4 is 56.0 Å². The van der Waals surface area contributed by atoms with Crippen LogP contribution < -0.4 is 24.8 Å². The van der Waals surface area contributed by atoms with Crippen molar-refractivity contribution in [1.29, 1.82) is 0 Å². The van der Waals surface area contributed by atoms with E-state index in [1.54, 1.807) is 12.0 Å². The summed E-state index contributed by atoms with van der Waals surface area (Å²) in [5.41, 5.74) is 1.54. The minimum Gasteiger partial charge on any atom is -0.496 e. The SMILES string of the molecule is COc1ccc2c(O[C@@H]3C[C@H]4C(=O)N[C@]5(C(=O)NS(=O)(=O)C6CC6)C[C@H]5/C=C\CCCCC[C@H](NC(=O)N5CCCCC5)C(=O)N4C3)cc(-c3nc(C(C)C)cs3)nc2c1C. The van der Waals surface area contributed by atoms with E-state index in [1.807, 2.05) is 42.7 Å². The summed E-state index contributed by atoms with van der Waals surface area (Å²) in [5.74, 6) is -0.810. The molecule has 3 aromatic rings. The van der Waals surface area contributed by atoms with E-state index < -0.39 is 62.6 Å². The highest BCUT2D eigenvalue weighted by molar-refractivity contribution is 7.91. The van der Waals surface area contributed by atoms with Crippen molar-refractivity contribution in [3.8, 4) is 22.2 Å². The number of hydrogen-bond donors (Lipinski definition) is 3. The second-order valence-electron chi connectivity index (χ2n) is 17.6. The average Bonchev–Trinajstić information content (AvgIpc) is 4.12. The van der Waals surface area contributed by atoms with Gasteiger partial charge >= 0.3 is 6.03 Å². The summed E-state index contributed by atoms with van der Waals surface area (Å²) in [6.07, 6.45) is 10.7. The van der Waals surface area contributed by atoms with Crippen LogP contribution >= 0.6 is 11.3 Å². The van der Waals surface area contributed by atoms with Crippen LogP contribution in [0.1, 0.15) is 108 Å². The number of fused-ring (bicyclic) bond motifs is 3. The fourth-order valence-corrected chi connectivity index (χ4v) is 11.1. The smallest absolute Gasteiger partial charge is 0.318 e. The van der Waals surface area contributed by atoms with Crippen molar-refractivity contribution in [1.82, 2.24) is 35.1 Å². The molecule has 5 heterocycles. The standard InChI is InChI=1S/C44H57N7O8S2/c1-26(2)34-25-60-40(46-34)33-22-37(31-17-18-36(58-4)27(3)38(31)45-33)59-29-21-35-39(52)48-44(42(54)49-61(56,57)30-15-16-30)23-28(44)13-9-6-5-7-10-14-32(41(53)51(35)24-29)47-43(55)50-19-11-8-12-20-50/h9,13,17-18,22,25-26,28-30,32,35H,5-8,10-12,14-16,19-21,23-24H2,1-4H3,(H,47,55)(H,48,52)(H,49,54)/b13-9-/t28-,29-,32+,35+,44-/m1/s1. The molecular weight excluding hydrogens is 819 g/mol. The number of benzene rings is 1. The molecule has 0 unspecified atom stereocenters. The maximum absolute atomic E-state index is 14.9. The molecular formula is C44H57N7O8S2. The van der Waals surface area contributed by atoms with Gasteiger partial charge in [0.15, 0.2) is 0 Å². The number of sulfonamides is 1. The Morgan fingerprint density at radius 2 is 1.79 bits per heavy atom. The zero-order chi connectivity index (χ0) is 43.1. The zero-order valence-electron chi connectivity index (χ0n) is 35.4. The van der Waals surface area contributed by atoms with Crippen LogP contribution in [0.25, 0.3) is 21.6 Å². The van der Waals surface area contributed by atoms with Gasteiger partial charge in [0, 0.05) is 47.8 Å². The summed E-state index contributed by atoms with van der Waals surface area (Å²) in [4.78, 5) is 70.2. The van der Waals surface area contributed by atoms with Crippen molar-refractivity contribution in [2.24, 2.45) is 5.92 Å². The highest BCUT2D eigenvalue weighted by atomic mass is 32.2. The Morgan fingerprint density at radius 3 is 2.51 bits per heavy atom. The predicted octanol–water partition coefficient (Wildman–Crippen LogP) is 5.71. The Bertz CT molecular complexity index is 2320. The summed E-state index contributed by atoms with van der Waals surface area (Å²) in [5, 5.41) is 8.82. The normalized spacial score (nSPS) is 26.7. The van der Waals surface area contributed by atoms with Crippen LogP contribution in [0.3, 0.4) is 0 Å². The second kappa shape index (κ2) is 17.5. The molecule has 5 amide bonds. The molecule has 1 aromatic carbocycles. The molecule has 17 heteroatoms. The molecule has 2 saturated carbocycles. The second-order valence-corrected chi connectivity index (χ2v) is 20.4. The maximum atomic E-state index is 14.9. The first kappa shape index (κ1) is 42.9. The Morgan fingerprint density at radius 1 is 1.02 bits per heavy atom. The van der Waals surface area contributed by atoms with Crippen LogP contribution in [-0.2, 0) is 24.4 Å². The molecule has 3 aliphatic heterocycles. The maximum Gasteiger partial charge on any atom is 0.318 e. The van der Waals surface area contributed by atoms with E-state index in [1.165, 1.54) is 16.2 Å². The van der Waals surface area contributed by atoms with Gasteiger partial charge in [0.05, 0.1) is 30.1 Å². The minimum atomic E-state index is -3.90. The molecule has 5 atom stereocenters. The number of piperidine rings is 1. The highest BCUT2D eigenvalue weighted by Crippen LogP contribution is 2.46. The molecule has 0 radical (unpaired) electrons. The minimum absolute atomic E-state index is 0.0224. The number of carbonyl (C=O) groups excluding carboxylic acids is 4. The van der Waals surface area contributed by atoms with Gasteiger partial charge in [-0.25, -0.2) is 23.2 Å². The number of rotatable bonds is 9. The van der Waals surface area contributed by atoms with Crippen molar-refractivity contribution in [2.75, 3.05) is 26.7 Å². The van der Waals surface area contributed by atoms with Gasteiger partial charge in [-0.15, -0.1) is 11.3 Å². The molecule has 3 N–H and O–H groups in total. The number of carbonyl (C=O) groups is 4. The lowest BCUT2D eigenvalue weighted by atomic mass is 10.0. The molecule has 2 saturated heterocycles. The van der Waals surface area contributed by atoms with E-state index in [9.17, 15) is 27.6 Å². The molecule has 4 fully saturated rings. The number of nitrogens with one attached hydrogen (secondary N) is 3. The van der Waals surface area contributed by atoms with Gasteiger partial charge in [-0.05, 0) is 82.8 Å². The fourth-order valence-electron chi connectivity index (χ4n) is 8.84. The predicted molar refractivity (Wildman–Crippen MR) is 232 cm³/mol. The van der Waals surface area contributed by atoms with Gasteiger partial charge in [0.1, 0.15) is 45.9 Å². The largest absolute Gasteiger partial charge is 0.496 e. The molecule has 0 spiro atoms. The fraction of sp³-hybridized carbons (Fsp3) is 0.591. The zero-order valence-corrected chi connectivity index (χ0v) is 37.0. The van der Waals surface area contributed by atoms with E-state index in [2.05, 4.69) is 29.2 Å². The number of aryl methyl sites for hydroxylation is 1. The Hall–Kier alpha value is -4.77. The van der Waals surface area contributed by atoms with E-state index >= 15 is 0 Å². The summed E-state index contributed by atoms with van der Waals surface area (Å²) in [6, 6.07) is 3.29. The topological polar surface area (TPSA) is 189 Å². The van der Waals surface area contributed by atoms with Gasteiger partial charge in [0.2, 0.25) is 21.8 Å². The Kier molecular flexibility index (Phi) is 12.3. The lowest BCUT2D eigenvalue weighted by Gasteiger charge is -2.32. The van der Waals surface area contributed by atoms with Gasteiger partial charge in [-0.3, -0.25) is 19.1 Å². The molecule has 2 aliphatic carbocycles. The first-order valence-electron chi connectivity index (χ1n) is 21.8. The first-order valence-corrected chi connectivity index (χ1v) is 24.2. The van der Waals surface area contributed by atoms with Crippen LogP contribution in [0.2, 0.25) is 0 Å². The number of nitrogens with zero attached hydrogens (tertiary/aromatic N) is 4. The van der Waals surface area contributed by atoms with E-state index in [0.29, 0.717) is 67.9 Å². The lowest BCUT2D eigenvalue weighted by molar-refractivity contribution is -0.141. The van der Waals surface area contributed by atoms with Crippen molar-refractivity contribution < 1.29 is 37.1 Å². The van der Waals surface area contributed by atoms with Gasteiger partial charge in [-0.1, -0.05) is 38.8 Å². The summed E-state index contributed by atoms with van der Waals surface area (Å²) in [6.45, 7) is 7.34. The number of ether oxygens (including phenoxy) is 2. The molecule has 8 rings (SSSR count). The molecule has 0 bridgehead atoms. The summed E-state index contributed by atoms with van der Waals surface area (Å²) < 4.78 is 40.7. The first-order chi connectivity index (χ1) is 29.3. The quantitative estimate of drug-likeness (QED) is 0.225. The van der Waals surface area contributed by atoms with Crippen LogP contribution in [0, 0.1) is 12.8 Å². The third-order valence-electron chi connectivity index (χ3n) is 12.8. The number of likely N-dealkylation sites (tertiary alicyclic amines) is 1. The van der Waals surface area contributed by atoms with E-state index in [-0.39, 0.29) is 31.3 Å². The van der Waals surface area contributed by atoms with Crippen molar-refractivity contribution in [3.63, 3.8) is 0 Å². The monoisotopic (exact) mass is 875 g/mol. The molecule has 328 valence electrons. The van der Waals surface area contributed by atoms with Crippen molar-refractivity contribution in [3.05, 3.63) is 47.0 Å². The van der Waals surface area contributed by atoms with E-state index in [4.69, 9.17) is 19.4 Å². The third-order valence-corrected chi connectivity index (χ3v) is 15.5. The summed E-state index contributed by atoms with van der Waals surface area (Å²) >= 11 is 1.49. The van der Waals surface area contributed by atoms with Gasteiger partial charge < -0.3 is 29.9 Å². The number of allylic oxidation sites excluding steroid dienone is 1. The van der Waals surface area contributed by atoms with Crippen molar-refractivity contribution in [2.45, 2.75) is 133 Å². The van der Waals surface area contributed by atoms with Crippen LogP contribution in [0.15, 0.2) is 35.7 Å². The van der Waals surface area contributed by atoms with Gasteiger partial charge in [0.25, 0.3) is 5.91 Å². The molecule has 15 nitrogen and oxygen atoms in total. The molecule has 61 heavy (non-hydrogen) atoms. The molecule has 5 aliphatic rings. The number of aromatic nitrogens is 2. The number of pyridine rings is 1. The lowest BCUT2D eigenvalue weighted by Crippen LogP contribution is -2.59. The van der Waals surface area contributed by atoms with Crippen LogP contribution in [0.4, 0.5) is 4.79 Å². The number of hydrogen-bond acceptors (Lipinski definition) is 11. The average molecular weight is 876 g/mol. The molecule has 2 aromatic heterocycles. The van der Waals surface area contributed by atoms with Crippen LogP contribution in [0.5, 0.6) is 11.5 Å². The summed E-state index contributed by atoms with van der Waals surface area (Å²) in [7, 11) is -2.30. The number of methoxy groups -OCH3 is 1. The van der Waals surface area contributed by atoms with Gasteiger partial charge in [-0.2, -0.15) is 0 Å². The number of urea groups is 1. The van der Waals surface area contributed by atoms with E-state index in [0.717, 1.165) is 53.8 Å². The van der Waals surface area contributed by atoms with Crippen LogP contribution in [-0.4, -0.2) is 108 Å². The number of amides is 5. The number of thiazole rings is 1.